The van der Waals surface area contributed by atoms with Gasteiger partial charge in [-0.2, -0.15) is 0 Å². The molecule has 1 aliphatic rings. The van der Waals surface area contributed by atoms with E-state index in [1.807, 2.05) is 35.9 Å². The molecule has 0 aromatic heterocycles. The van der Waals surface area contributed by atoms with Gasteiger partial charge >= 0.3 is 0 Å². The molecule has 42 valence electrons. The molecular formula is C6H8NP. The van der Waals surface area contributed by atoms with Crippen LogP contribution >= 0.6 is 8.07 Å². The highest BCUT2D eigenvalue weighted by atomic mass is 31.1. The Morgan fingerprint density at radius 2 is 1.38 bits per heavy atom. The smallest absolute Gasteiger partial charge is 0.00738 e. The maximum absolute atomic E-state index is 5.59. The molecular weight excluding hydrogens is 117 g/mol. The number of hydrogen-bond donors (Lipinski definition) is 1. The second-order valence-electron chi connectivity index (χ2n) is 1.52. The highest BCUT2D eigenvalue weighted by Crippen LogP contribution is 2.29. The second kappa shape index (κ2) is 2.81. The van der Waals surface area contributed by atoms with Gasteiger partial charge in [0.2, 0.25) is 0 Å². The lowest BCUT2D eigenvalue weighted by molar-refractivity contribution is 1.95. The van der Waals surface area contributed by atoms with Gasteiger partial charge in [0.25, 0.3) is 0 Å². The topological polar surface area (TPSA) is 26.0 Å². The number of rotatable bonds is 0. The zero-order chi connectivity index (χ0) is 5.82. The predicted molar refractivity (Wildman–Crippen MR) is 38.5 cm³/mol. The fourth-order valence-electron chi connectivity index (χ4n) is 0.476. The van der Waals surface area contributed by atoms with Crippen LogP contribution in [0.3, 0.4) is 0 Å². The molecule has 0 aromatic carbocycles. The quantitative estimate of drug-likeness (QED) is 0.492. The third kappa shape index (κ3) is 1.61. The summed E-state index contributed by atoms with van der Waals surface area (Å²) in [6.45, 7) is 0. The zero-order valence-electron chi connectivity index (χ0n) is 4.49. The van der Waals surface area contributed by atoms with Crippen molar-refractivity contribution in [2.75, 3.05) is 0 Å². The summed E-state index contributed by atoms with van der Waals surface area (Å²) in [4.78, 5) is 0. The number of hydrogen-bond acceptors (Lipinski definition) is 1. The average Bonchev–Trinajstić information content (AvgIpc) is 1.94. The number of allylic oxidation sites excluding steroid dienone is 4. The van der Waals surface area contributed by atoms with Gasteiger partial charge in [0.15, 0.2) is 0 Å². The average molecular weight is 125 g/mol. The Morgan fingerprint density at radius 3 is 1.88 bits per heavy atom. The first-order valence-corrected chi connectivity index (χ1v) is 3.99. The lowest BCUT2D eigenvalue weighted by Gasteiger charge is -1.92. The van der Waals surface area contributed by atoms with E-state index in [1.54, 1.807) is 0 Å². The molecule has 0 saturated carbocycles. The van der Waals surface area contributed by atoms with Crippen molar-refractivity contribution < 1.29 is 0 Å². The minimum atomic E-state index is -0.442. The van der Waals surface area contributed by atoms with Crippen molar-refractivity contribution in [3.63, 3.8) is 0 Å². The molecule has 0 radical (unpaired) electrons. The van der Waals surface area contributed by atoms with Crippen LogP contribution in [0.15, 0.2) is 35.9 Å². The van der Waals surface area contributed by atoms with Gasteiger partial charge in [-0.25, -0.2) is 0 Å². The van der Waals surface area contributed by atoms with Gasteiger partial charge in [-0.05, 0) is 11.6 Å². The molecule has 0 saturated heterocycles. The summed E-state index contributed by atoms with van der Waals surface area (Å²) in [5, 5.41) is 0. The molecule has 1 nitrogen and oxygen atoms in total. The summed E-state index contributed by atoms with van der Waals surface area (Å²) in [5.41, 5.74) is 5.59. The molecule has 0 unspecified atom stereocenters. The summed E-state index contributed by atoms with van der Waals surface area (Å²) in [7, 11) is -0.442. The van der Waals surface area contributed by atoms with Crippen LogP contribution in [0.25, 0.3) is 0 Å². The Bertz CT molecular complexity index is 131. The maximum Gasteiger partial charge on any atom is 0.00738 e. The first-order chi connectivity index (χ1) is 3.89. The van der Waals surface area contributed by atoms with Crippen LogP contribution in [-0.4, -0.2) is 0 Å². The predicted octanol–water partition coefficient (Wildman–Crippen LogP) is 1.94. The highest BCUT2D eigenvalue weighted by Gasteiger charge is 1.86. The number of nitrogens with two attached hydrogens (primary N) is 1. The van der Waals surface area contributed by atoms with Crippen LogP contribution in [0.4, 0.5) is 0 Å². The van der Waals surface area contributed by atoms with E-state index in [9.17, 15) is 0 Å². The molecule has 2 heteroatoms. The standard InChI is InChI=1S/C6H8NP/c7-8-5-3-1-2-4-6-8/h1-6H,7H2. The first kappa shape index (κ1) is 5.74. The molecule has 0 spiro atoms. The lowest BCUT2D eigenvalue weighted by Crippen LogP contribution is -1.76. The molecule has 1 rings (SSSR count). The van der Waals surface area contributed by atoms with Gasteiger partial charge in [0.05, 0.1) is 0 Å². The van der Waals surface area contributed by atoms with E-state index in [0.717, 1.165) is 0 Å². The highest BCUT2D eigenvalue weighted by molar-refractivity contribution is 7.61. The van der Waals surface area contributed by atoms with Crippen molar-refractivity contribution in [3.05, 3.63) is 35.9 Å². The Kier molecular flexibility index (Phi) is 2.01. The molecule has 2 N–H and O–H groups in total. The SMILES string of the molecule is NP1C=CC=CC=C1. The van der Waals surface area contributed by atoms with Crippen LogP contribution in [0.2, 0.25) is 0 Å². The van der Waals surface area contributed by atoms with Crippen molar-refractivity contribution in [2.45, 2.75) is 0 Å². The Hall–Kier alpha value is -0.390. The molecule has 0 atom stereocenters. The van der Waals surface area contributed by atoms with Crippen molar-refractivity contribution >= 4 is 8.07 Å². The summed E-state index contributed by atoms with van der Waals surface area (Å²) in [6.07, 6.45) is 7.91. The summed E-state index contributed by atoms with van der Waals surface area (Å²) < 4.78 is 0. The van der Waals surface area contributed by atoms with E-state index >= 15 is 0 Å². The van der Waals surface area contributed by atoms with Crippen molar-refractivity contribution in [2.24, 2.45) is 5.50 Å². The Balaban J connectivity index is 2.66. The first-order valence-electron chi connectivity index (χ1n) is 2.44. The van der Waals surface area contributed by atoms with Gasteiger partial charge in [-0.15, -0.1) is 0 Å². The zero-order valence-corrected chi connectivity index (χ0v) is 5.38. The second-order valence-corrected chi connectivity index (χ2v) is 3.01. The molecule has 0 fully saturated rings. The monoisotopic (exact) mass is 125 g/mol. The molecule has 0 amide bonds. The summed E-state index contributed by atoms with van der Waals surface area (Å²) in [5.74, 6) is 4.02. The van der Waals surface area contributed by atoms with Gasteiger partial charge in [0.1, 0.15) is 0 Å². The van der Waals surface area contributed by atoms with Crippen LogP contribution in [0.1, 0.15) is 0 Å². The van der Waals surface area contributed by atoms with Gasteiger partial charge < -0.3 is 5.50 Å². The fourth-order valence-corrected chi connectivity index (χ4v) is 1.17. The van der Waals surface area contributed by atoms with Crippen LogP contribution in [-0.2, 0) is 0 Å². The van der Waals surface area contributed by atoms with Gasteiger partial charge in [0, 0.05) is 8.07 Å². The maximum atomic E-state index is 5.59. The van der Waals surface area contributed by atoms with E-state index in [-0.39, 0.29) is 0 Å². The summed E-state index contributed by atoms with van der Waals surface area (Å²) in [6, 6.07) is 0. The fraction of sp³-hybridized carbons (Fsp3) is 0. The molecule has 1 aliphatic heterocycles. The van der Waals surface area contributed by atoms with Gasteiger partial charge in [-0.3, -0.25) is 0 Å². The minimum Gasteiger partial charge on any atom is -0.303 e. The Labute approximate surface area is 50.4 Å². The Morgan fingerprint density at radius 1 is 0.875 bits per heavy atom. The third-order valence-corrected chi connectivity index (χ3v) is 1.88. The third-order valence-electron chi connectivity index (χ3n) is 0.850. The van der Waals surface area contributed by atoms with E-state index < -0.39 is 8.07 Å². The van der Waals surface area contributed by atoms with Crippen LogP contribution < -0.4 is 5.50 Å². The van der Waals surface area contributed by atoms with E-state index in [0.29, 0.717) is 0 Å². The summed E-state index contributed by atoms with van der Waals surface area (Å²) >= 11 is 0. The van der Waals surface area contributed by atoms with Crippen molar-refractivity contribution in [3.8, 4) is 0 Å². The molecule has 8 heavy (non-hydrogen) atoms. The largest absolute Gasteiger partial charge is 0.303 e. The lowest BCUT2D eigenvalue weighted by atomic mass is 10.5. The van der Waals surface area contributed by atoms with Crippen molar-refractivity contribution in [1.82, 2.24) is 0 Å². The van der Waals surface area contributed by atoms with Crippen LogP contribution in [0.5, 0.6) is 0 Å². The van der Waals surface area contributed by atoms with E-state index in [1.165, 1.54) is 0 Å². The van der Waals surface area contributed by atoms with E-state index in [2.05, 4.69) is 0 Å². The normalized spacial score (nSPS) is 19.1. The van der Waals surface area contributed by atoms with E-state index in [4.69, 9.17) is 5.50 Å². The van der Waals surface area contributed by atoms with Gasteiger partial charge in [-0.1, -0.05) is 24.3 Å². The van der Waals surface area contributed by atoms with Crippen molar-refractivity contribution in [1.29, 1.82) is 0 Å². The molecule has 0 bridgehead atoms. The molecule has 0 aromatic rings. The molecule has 1 heterocycles. The molecule has 0 aliphatic carbocycles. The van der Waals surface area contributed by atoms with Crippen LogP contribution in [0, 0.1) is 0 Å². The minimum absolute atomic E-state index is 0.442.